The Morgan fingerprint density at radius 3 is 2.50 bits per heavy atom. The Balaban J connectivity index is 1.43. The van der Waals surface area contributed by atoms with E-state index in [0.29, 0.717) is 10.9 Å². The maximum Gasteiger partial charge on any atom is 0.325 e. The number of benzene rings is 1. The number of imide groups is 1. The van der Waals surface area contributed by atoms with E-state index in [2.05, 4.69) is 10.6 Å². The Morgan fingerprint density at radius 2 is 1.92 bits per heavy atom. The standard InChI is InChI=1S/C19H22ClN3O3/c1-19(13-6-7-13)17(25)23(18(26)22-19)10-15(24)21-16(11-2-3-11)12-4-8-14(20)9-5-12/h4-5,8-9,11,13,16H,2-3,6-7,10H2,1H3,(H,21,24)(H,22,26). The molecule has 2 aliphatic carbocycles. The maximum atomic E-state index is 12.6. The minimum Gasteiger partial charge on any atom is -0.347 e. The zero-order valence-electron chi connectivity index (χ0n) is 14.6. The van der Waals surface area contributed by atoms with Gasteiger partial charge in [0.25, 0.3) is 5.91 Å². The molecule has 26 heavy (non-hydrogen) atoms. The number of carbonyl (C=O) groups excluding carboxylic acids is 3. The van der Waals surface area contributed by atoms with E-state index in [9.17, 15) is 14.4 Å². The molecule has 6 nitrogen and oxygen atoms in total. The summed E-state index contributed by atoms with van der Waals surface area (Å²) in [5.74, 6) is -0.0461. The molecule has 2 N–H and O–H groups in total. The van der Waals surface area contributed by atoms with Crippen LogP contribution in [0.1, 0.15) is 44.2 Å². The molecular weight excluding hydrogens is 354 g/mol. The minimum absolute atomic E-state index is 0.115. The van der Waals surface area contributed by atoms with Crippen LogP contribution in [-0.4, -0.2) is 34.8 Å². The Kier molecular flexibility index (Phi) is 4.18. The van der Waals surface area contributed by atoms with Crippen molar-refractivity contribution in [1.29, 1.82) is 0 Å². The predicted molar refractivity (Wildman–Crippen MR) is 96.4 cm³/mol. The van der Waals surface area contributed by atoms with Crippen LogP contribution in [0.2, 0.25) is 5.02 Å². The number of carbonyl (C=O) groups is 3. The van der Waals surface area contributed by atoms with Crippen molar-refractivity contribution >= 4 is 29.4 Å². The Labute approximate surface area is 157 Å². The van der Waals surface area contributed by atoms with E-state index in [-0.39, 0.29) is 30.3 Å². The molecule has 3 fully saturated rings. The fourth-order valence-corrected chi connectivity index (χ4v) is 3.86. The normalized spacial score (nSPS) is 26.6. The second-order valence-corrected chi connectivity index (χ2v) is 8.17. The van der Waals surface area contributed by atoms with E-state index in [1.165, 1.54) is 0 Å². The SMILES string of the molecule is CC1(C2CC2)NC(=O)N(CC(=O)NC(c2ccc(Cl)cc2)C2CC2)C1=O. The van der Waals surface area contributed by atoms with Crippen LogP contribution in [-0.2, 0) is 9.59 Å². The first-order chi connectivity index (χ1) is 12.4. The van der Waals surface area contributed by atoms with Crippen LogP contribution in [0.15, 0.2) is 24.3 Å². The molecule has 0 bridgehead atoms. The summed E-state index contributed by atoms with van der Waals surface area (Å²) in [6.45, 7) is 1.51. The van der Waals surface area contributed by atoms with Gasteiger partial charge in [0.1, 0.15) is 12.1 Å². The molecule has 4 rings (SSSR count). The lowest BCUT2D eigenvalue weighted by molar-refractivity contribution is -0.135. The summed E-state index contributed by atoms with van der Waals surface area (Å²) in [4.78, 5) is 38.4. The molecule has 2 unspecified atom stereocenters. The van der Waals surface area contributed by atoms with Gasteiger partial charge in [0.2, 0.25) is 5.91 Å². The molecule has 0 radical (unpaired) electrons. The van der Waals surface area contributed by atoms with Crippen LogP contribution >= 0.6 is 11.6 Å². The van der Waals surface area contributed by atoms with Crippen molar-refractivity contribution in [2.75, 3.05) is 6.54 Å². The van der Waals surface area contributed by atoms with E-state index in [4.69, 9.17) is 11.6 Å². The van der Waals surface area contributed by atoms with Gasteiger partial charge in [-0.25, -0.2) is 4.79 Å². The molecule has 3 aliphatic rings. The van der Waals surface area contributed by atoms with Gasteiger partial charge in [-0.3, -0.25) is 14.5 Å². The largest absolute Gasteiger partial charge is 0.347 e. The van der Waals surface area contributed by atoms with Gasteiger partial charge in [0.05, 0.1) is 6.04 Å². The van der Waals surface area contributed by atoms with Gasteiger partial charge >= 0.3 is 6.03 Å². The van der Waals surface area contributed by atoms with Crippen molar-refractivity contribution in [3.05, 3.63) is 34.9 Å². The summed E-state index contributed by atoms with van der Waals surface area (Å²) in [6.07, 6.45) is 3.97. The third-order valence-corrected chi connectivity index (χ3v) is 5.89. The number of hydrogen-bond donors (Lipinski definition) is 2. The van der Waals surface area contributed by atoms with Crippen LogP contribution in [0.5, 0.6) is 0 Å². The van der Waals surface area contributed by atoms with Crippen molar-refractivity contribution in [3.8, 4) is 0 Å². The van der Waals surface area contributed by atoms with Gasteiger partial charge in [0, 0.05) is 5.02 Å². The van der Waals surface area contributed by atoms with Gasteiger partial charge in [-0.15, -0.1) is 0 Å². The summed E-state index contributed by atoms with van der Waals surface area (Å²) in [5, 5.41) is 6.41. The maximum absolute atomic E-state index is 12.6. The number of urea groups is 1. The van der Waals surface area contributed by atoms with Crippen molar-refractivity contribution in [2.45, 2.75) is 44.2 Å². The average molecular weight is 376 g/mol. The van der Waals surface area contributed by atoms with Crippen molar-refractivity contribution < 1.29 is 14.4 Å². The summed E-state index contributed by atoms with van der Waals surface area (Å²) < 4.78 is 0. The van der Waals surface area contributed by atoms with E-state index in [1.54, 1.807) is 19.1 Å². The molecule has 0 spiro atoms. The number of nitrogens with one attached hydrogen (secondary N) is 2. The number of rotatable bonds is 6. The van der Waals surface area contributed by atoms with Crippen molar-refractivity contribution in [1.82, 2.24) is 15.5 Å². The molecular formula is C19H22ClN3O3. The number of amides is 4. The van der Waals surface area contributed by atoms with E-state index >= 15 is 0 Å². The summed E-state index contributed by atoms with van der Waals surface area (Å²) >= 11 is 5.94. The Bertz CT molecular complexity index is 758. The highest BCUT2D eigenvalue weighted by molar-refractivity contribution is 6.30. The van der Waals surface area contributed by atoms with E-state index in [0.717, 1.165) is 36.1 Å². The minimum atomic E-state index is -0.858. The van der Waals surface area contributed by atoms with Crippen LogP contribution in [0, 0.1) is 11.8 Å². The van der Waals surface area contributed by atoms with Gasteiger partial charge in [0.15, 0.2) is 0 Å². The van der Waals surface area contributed by atoms with Crippen LogP contribution in [0.25, 0.3) is 0 Å². The lowest BCUT2D eigenvalue weighted by Crippen LogP contribution is -2.47. The third-order valence-electron chi connectivity index (χ3n) is 5.64. The highest BCUT2D eigenvalue weighted by Gasteiger charge is 2.56. The van der Waals surface area contributed by atoms with Gasteiger partial charge < -0.3 is 10.6 Å². The molecule has 1 aliphatic heterocycles. The molecule has 1 heterocycles. The molecule has 1 aromatic rings. The summed E-state index contributed by atoms with van der Waals surface area (Å²) in [7, 11) is 0. The second kappa shape index (κ2) is 6.27. The zero-order chi connectivity index (χ0) is 18.5. The van der Waals surface area contributed by atoms with E-state index < -0.39 is 11.6 Å². The van der Waals surface area contributed by atoms with E-state index in [1.807, 2.05) is 12.1 Å². The molecule has 2 atom stereocenters. The lowest BCUT2D eigenvalue weighted by atomic mass is 9.96. The lowest BCUT2D eigenvalue weighted by Gasteiger charge is -2.22. The molecule has 1 saturated heterocycles. The zero-order valence-corrected chi connectivity index (χ0v) is 15.4. The smallest absolute Gasteiger partial charge is 0.325 e. The van der Waals surface area contributed by atoms with Gasteiger partial charge in [-0.1, -0.05) is 23.7 Å². The summed E-state index contributed by atoms with van der Waals surface area (Å²) in [5.41, 5.74) is 0.133. The molecule has 138 valence electrons. The molecule has 4 amide bonds. The fraction of sp³-hybridized carbons (Fsp3) is 0.526. The van der Waals surface area contributed by atoms with Gasteiger partial charge in [-0.2, -0.15) is 0 Å². The first-order valence-electron chi connectivity index (χ1n) is 9.07. The third kappa shape index (κ3) is 3.18. The number of halogens is 1. The Morgan fingerprint density at radius 1 is 1.27 bits per heavy atom. The topological polar surface area (TPSA) is 78.5 Å². The summed E-state index contributed by atoms with van der Waals surface area (Å²) in [6, 6.07) is 6.82. The molecule has 0 aromatic heterocycles. The first kappa shape index (κ1) is 17.3. The van der Waals surface area contributed by atoms with Crippen molar-refractivity contribution in [2.24, 2.45) is 11.8 Å². The number of hydrogen-bond acceptors (Lipinski definition) is 3. The molecule has 2 saturated carbocycles. The number of nitrogens with zero attached hydrogens (tertiary/aromatic N) is 1. The quantitative estimate of drug-likeness (QED) is 0.750. The highest BCUT2D eigenvalue weighted by Crippen LogP contribution is 2.43. The monoisotopic (exact) mass is 375 g/mol. The first-order valence-corrected chi connectivity index (χ1v) is 9.45. The molecule has 7 heteroatoms. The molecule has 1 aromatic carbocycles. The van der Waals surface area contributed by atoms with Gasteiger partial charge in [-0.05, 0) is 62.1 Å². The second-order valence-electron chi connectivity index (χ2n) is 7.73. The van der Waals surface area contributed by atoms with Crippen molar-refractivity contribution in [3.63, 3.8) is 0 Å². The van der Waals surface area contributed by atoms with Crippen LogP contribution in [0.4, 0.5) is 4.79 Å². The Hall–Kier alpha value is -2.08. The van der Waals surface area contributed by atoms with Crippen LogP contribution < -0.4 is 10.6 Å². The fourth-order valence-electron chi connectivity index (χ4n) is 3.73. The highest BCUT2D eigenvalue weighted by atomic mass is 35.5. The predicted octanol–water partition coefficient (Wildman–Crippen LogP) is 2.63. The van der Waals surface area contributed by atoms with Crippen LogP contribution in [0.3, 0.4) is 0 Å². The average Bonchev–Trinajstić information content (AvgIpc) is 3.48.